The second-order valence-electron chi connectivity index (χ2n) is 15.7. The first-order valence-electron chi connectivity index (χ1n) is 20.8. The fourth-order valence-electron chi connectivity index (χ4n) is 7.61. The third-order valence-corrected chi connectivity index (χ3v) is 11.1. The van der Waals surface area contributed by atoms with E-state index in [1.807, 2.05) is 18.0 Å². The molecule has 1 aromatic carbocycles. The number of hydrogen-bond donors (Lipinski definition) is 0. The highest BCUT2D eigenvalue weighted by molar-refractivity contribution is 5.95. The minimum atomic E-state index is -1.68. The molecule has 66 heavy (non-hydrogen) atoms. The van der Waals surface area contributed by atoms with Crippen molar-refractivity contribution < 1.29 is 71.5 Å². The lowest BCUT2D eigenvalue weighted by molar-refractivity contribution is -0.282. The van der Waals surface area contributed by atoms with Crippen molar-refractivity contribution in [3.8, 4) is 17.6 Å². The zero-order valence-electron chi connectivity index (χ0n) is 38.2. The molecule has 5 rings (SSSR count). The lowest BCUT2D eigenvalue weighted by Crippen LogP contribution is -2.64. The Kier molecular flexibility index (Phi) is 16.7. The van der Waals surface area contributed by atoms with Crippen LogP contribution < -0.4 is 14.4 Å². The van der Waals surface area contributed by atoms with Crippen molar-refractivity contribution >= 4 is 58.8 Å². The van der Waals surface area contributed by atoms with Gasteiger partial charge < -0.3 is 57.5 Å². The van der Waals surface area contributed by atoms with Gasteiger partial charge in [-0.3, -0.25) is 23.7 Å². The quantitative estimate of drug-likeness (QED) is 0.156. The molecule has 7 atom stereocenters. The van der Waals surface area contributed by atoms with Crippen molar-refractivity contribution in [3.63, 3.8) is 0 Å². The lowest BCUT2D eigenvalue weighted by atomic mass is 9.92. The number of carbonyl (C=O) groups is 7. The molecule has 3 amide bonds. The van der Waals surface area contributed by atoms with Gasteiger partial charge in [-0.15, -0.1) is 0 Å². The highest BCUT2D eigenvalue weighted by Crippen LogP contribution is 2.36. The Labute approximate surface area is 380 Å². The molecule has 23 heteroatoms. The van der Waals surface area contributed by atoms with Gasteiger partial charge in [0.25, 0.3) is 0 Å². The molecule has 0 unspecified atom stereocenters. The van der Waals surface area contributed by atoms with E-state index < -0.39 is 66.7 Å². The molecule has 4 heterocycles. The number of piperidine rings is 1. The van der Waals surface area contributed by atoms with Gasteiger partial charge in [0.15, 0.2) is 35.5 Å². The van der Waals surface area contributed by atoms with Gasteiger partial charge in [0.1, 0.15) is 25.2 Å². The van der Waals surface area contributed by atoms with Crippen LogP contribution in [0.1, 0.15) is 46.1 Å². The number of likely N-dealkylation sites (N-methyl/N-ethyl adjacent to an activating group) is 3. The molecule has 3 aromatic rings. The number of nitriles is 1. The van der Waals surface area contributed by atoms with Crippen LogP contribution >= 0.6 is 0 Å². The number of methoxy groups -OCH3 is 2. The molecule has 2 fully saturated rings. The zero-order valence-corrected chi connectivity index (χ0v) is 38.2. The Bertz CT molecular complexity index is 2330. The first-order valence-corrected chi connectivity index (χ1v) is 20.8. The minimum absolute atomic E-state index is 0.0111. The van der Waals surface area contributed by atoms with Gasteiger partial charge in [0.05, 0.1) is 31.7 Å². The first kappa shape index (κ1) is 49.8. The number of aromatic nitrogens is 3. The normalized spacial score (nSPS) is 21.3. The van der Waals surface area contributed by atoms with E-state index in [2.05, 4.69) is 16.9 Å². The minimum Gasteiger partial charge on any atom is -0.493 e. The van der Waals surface area contributed by atoms with Crippen LogP contribution in [0.3, 0.4) is 0 Å². The van der Waals surface area contributed by atoms with Crippen LogP contribution in [-0.4, -0.2) is 169 Å². The second-order valence-corrected chi connectivity index (χ2v) is 15.7. The molecule has 0 bridgehead atoms. The van der Waals surface area contributed by atoms with Crippen molar-refractivity contribution in [1.29, 1.82) is 5.26 Å². The predicted octanol–water partition coefficient (Wildman–Crippen LogP) is 2.27. The molecule has 0 N–H and O–H groups in total. The Morgan fingerprint density at radius 2 is 1.55 bits per heavy atom. The van der Waals surface area contributed by atoms with Crippen molar-refractivity contribution in [2.75, 3.05) is 66.4 Å². The fraction of sp³-hybridized carbons (Fsp3) is 0.535. The Morgan fingerprint density at radius 3 is 2.20 bits per heavy atom. The van der Waals surface area contributed by atoms with Gasteiger partial charge in [-0.2, -0.15) is 5.26 Å². The number of nitrogens with zero attached hydrogens (tertiary/aromatic N) is 8. The molecule has 356 valence electrons. The average molecular weight is 923 g/mol. The van der Waals surface area contributed by atoms with E-state index in [-0.39, 0.29) is 55.5 Å². The maximum Gasteiger partial charge on any atom is 0.409 e. The summed E-state index contributed by atoms with van der Waals surface area (Å²) >= 11 is 0. The summed E-state index contributed by atoms with van der Waals surface area (Å²) in [5.74, 6) is -2.84. The van der Waals surface area contributed by atoms with E-state index >= 15 is 0 Å². The van der Waals surface area contributed by atoms with E-state index in [9.17, 15) is 33.6 Å². The summed E-state index contributed by atoms with van der Waals surface area (Å²) < 4.78 is 45.3. The van der Waals surface area contributed by atoms with Crippen molar-refractivity contribution in [3.05, 3.63) is 42.4 Å². The summed E-state index contributed by atoms with van der Waals surface area (Å²) in [4.78, 5) is 104. The Balaban J connectivity index is 1.21. The molecule has 23 nitrogen and oxygen atoms in total. The van der Waals surface area contributed by atoms with Gasteiger partial charge in [0.2, 0.25) is 18.3 Å². The number of hydrogen-bond acceptors (Lipinski definition) is 19. The van der Waals surface area contributed by atoms with Crippen LogP contribution in [0.15, 0.2) is 36.8 Å². The molecular weight excluding hydrogens is 869 g/mol. The number of likely N-dealkylation sites (tertiary alicyclic amines) is 1. The van der Waals surface area contributed by atoms with Crippen molar-refractivity contribution in [1.82, 2.24) is 29.2 Å². The molecular formula is C43H54N8O15. The van der Waals surface area contributed by atoms with Gasteiger partial charge in [0, 0.05) is 74.3 Å². The number of benzene rings is 1. The molecule has 0 saturated carbocycles. The summed E-state index contributed by atoms with van der Waals surface area (Å²) in [5.41, 5.74) is 0.841. The predicted molar refractivity (Wildman–Crippen MR) is 228 cm³/mol. The highest BCUT2D eigenvalue weighted by Gasteiger charge is 2.56. The smallest absolute Gasteiger partial charge is 0.409 e. The van der Waals surface area contributed by atoms with Crippen LogP contribution in [0.4, 0.5) is 15.4 Å². The van der Waals surface area contributed by atoms with Gasteiger partial charge in [-0.05, 0) is 36.1 Å². The van der Waals surface area contributed by atoms with Gasteiger partial charge >= 0.3 is 36.0 Å². The van der Waals surface area contributed by atoms with Gasteiger partial charge in [-0.1, -0.05) is 13.0 Å². The summed E-state index contributed by atoms with van der Waals surface area (Å²) in [6.45, 7) is 6.33. The van der Waals surface area contributed by atoms with E-state index in [0.29, 0.717) is 35.5 Å². The summed E-state index contributed by atoms with van der Waals surface area (Å²) in [5, 5.41) is 9.67. The number of amides is 3. The first-order chi connectivity index (χ1) is 31.4. The van der Waals surface area contributed by atoms with Crippen molar-refractivity contribution in [2.24, 2.45) is 5.92 Å². The molecule has 0 aliphatic carbocycles. The standard InChI is InChI=1S/C43H54N8O15/c1-24-13-16-50(33(55)12-15-44)21-30(24)49(7)38-29-14-17-51(39(29)46-23-45-38)42(57)47(5)18-19-48(6)43(58)61-22-28-10-11-31(32(20-28)59-8)65-41-37(64-27(4)54)35(63-26(3)53)34(62-25(2)52)36(66-41)40(56)60-9/h10-11,14,17,20,23-24,30,34-37,41H,12-13,16,18-19,21-22H2,1-9H3/t24-,30+,34+,35+,36+,37-,41-/m1/s1. The monoisotopic (exact) mass is 922 g/mol. The maximum absolute atomic E-state index is 13.7. The van der Waals surface area contributed by atoms with Gasteiger partial charge in [-0.25, -0.2) is 24.4 Å². The topological polar surface area (TPSA) is 261 Å². The summed E-state index contributed by atoms with van der Waals surface area (Å²) in [6, 6.07) is 7.67. The molecule has 0 spiro atoms. The average Bonchev–Trinajstić information content (AvgIpc) is 3.72. The van der Waals surface area contributed by atoms with E-state index in [4.69, 9.17) is 43.2 Å². The fourth-order valence-corrected chi connectivity index (χ4v) is 7.61. The SMILES string of the molecule is COC(=O)[C@H]1O[C@@H](Oc2ccc(COC(=O)N(C)CCN(C)C(=O)n3ccc4c(N(C)[C@H]5CN(C(=O)CC#N)CC[C@H]5C)ncnc43)cc2OC)[C@H](OC(C)=O)[C@@H](OC(C)=O)[C@@H]1OC(C)=O. The maximum atomic E-state index is 13.7. The number of anilines is 1. The van der Waals surface area contributed by atoms with Crippen LogP contribution in [0, 0.1) is 17.2 Å². The number of ether oxygens (including phenoxy) is 8. The van der Waals surface area contributed by atoms with Crippen LogP contribution in [-0.2, 0) is 59.0 Å². The summed E-state index contributed by atoms with van der Waals surface area (Å²) in [6.07, 6.45) is -5.15. The van der Waals surface area contributed by atoms with Crippen molar-refractivity contribution in [2.45, 2.75) is 83.9 Å². The third-order valence-electron chi connectivity index (χ3n) is 11.1. The van der Waals surface area contributed by atoms with Crippen LogP contribution in [0.5, 0.6) is 11.5 Å². The lowest BCUT2D eigenvalue weighted by Gasteiger charge is -2.43. The van der Waals surface area contributed by atoms with Crippen LogP contribution in [0.2, 0.25) is 0 Å². The summed E-state index contributed by atoms with van der Waals surface area (Å²) in [7, 11) is 7.39. The third kappa shape index (κ3) is 11.7. The number of carbonyl (C=O) groups excluding carboxylic acids is 7. The zero-order chi connectivity index (χ0) is 48.4. The highest BCUT2D eigenvalue weighted by atomic mass is 16.7. The van der Waals surface area contributed by atoms with E-state index in [1.54, 1.807) is 30.3 Å². The second kappa shape index (κ2) is 22.1. The molecule has 2 aliphatic heterocycles. The molecule has 0 radical (unpaired) electrons. The Morgan fingerprint density at radius 1 is 0.879 bits per heavy atom. The van der Waals surface area contributed by atoms with E-state index in [1.165, 1.54) is 47.0 Å². The molecule has 2 aromatic heterocycles. The number of fused-ring (bicyclic) bond motifs is 1. The number of esters is 4. The molecule has 2 aliphatic rings. The van der Waals surface area contributed by atoms with E-state index in [0.717, 1.165) is 34.3 Å². The molecule has 2 saturated heterocycles. The Hall–Kier alpha value is -7.22. The number of rotatable bonds is 15. The van der Waals surface area contributed by atoms with Crippen LogP contribution in [0.25, 0.3) is 11.0 Å². The largest absolute Gasteiger partial charge is 0.493 e.